The molecule has 2 heterocycles. The molecule has 1 aliphatic carbocycles. The first-order chi connectivity index (χ1) is 14.0. The summed E-state index contributed by atoms with van der Waals surface area (Å²) in [5.74, 6) is 0.181. The number of anilines is 1. The number of nitrogens with one attached hydrogen (secondary N) is 1. The second-order valence-electron chi connectivity index (χ2n) is 7.58. The average molecular weight is 397 g/mol. The molecule has 7 nitrogen and oxygen atoms in total. The van der Waals surface area contributed by atoms with E-state index in [1.165, 1.54) is 18.3 Å². The number of benzene rings is 1. The predicted molar refractivity (Wildman–Crippen MR) is 107 cm³/mol. The van der Waals surface area contributed by atoms with Crippen LogP contribution >= 0.6 is 0 Å². The van der Waals surface area contributed by atoms with Gasteiger partial charge >= 0.3 is 0 Å². The lowest BCUT2D eigenvalue weighted by Crippen LogP contribution is -2.38. The smallest absolute Gasteiger partial charge is 0.256 e. The Morgan fingerprint density at radius 3 is 2.86 bits per heavy atom. The first-order valence-electron chi connectivity index (χ1n) is 9.78. The monoisotopic (exact) mass is 397 g/mol. The number of aliphatic hydroxyl groups is 1. The Hall–Kier alpha value is -3.00. The molecule has 4 rings (SSSR count). The Morgan fingerprint density at radius 2 is 2.10 bits per heavy atom. The van der Waals surface area contributed by atoms with Crippen molar-refractivity contribution in [1.82, 2.24) is 19.9 Å². The van der Waals surface area contributed by atoms with Gasteiger partial charge in [-0.25, -0.2) is 13.9 Å². The molecule has 1 saturated carbocycles. The molecule has 2 aromatic heterocycles. The molecule has 8 heteroatoms. The van der Waals surface area contributed by atoms with Crippen molar-refractivity contribution in [3.8, 4) is 0 Å². The number of hydrogen-bond donors (Lipinski definition) is 2. The summed E-state index contributed by atoms with van der Waals surface area (Å²) in [5, 5.41) is 16.9. The van der Waals surface area contributed by atoms with Crippen LogP contribution in [-0.2, 0) is 6.54 Å². The molecule has 1 fully saturated rings. The summed E-state index contributed by atoms with van der Waals surface area (Å²) in [4.78, 5) is 19.3. The van der Waals surface area contributed by atoms with Gasteiger partial charge in [-0.2, -0.15) is 5.10 Å². The molecule has 0 saturated heterocycles. The average Bonchev–Trinajstić information content (AvgIpc) is 3.13. The highest BCUT2D eigenvalue weighted by Gasteiger charge is 2.23. The molecular formula is C21H24FN5O2. The topological polar surface area (TPSA) is 82.8 Å². The fourth-order valence-corrected chi connectivity index (χ4v) is 3.71. The Labute approximate surface area is 168 Å². The number of carbonyl (C=O) groups is 1. The summed E-state index contributed by atoms with van der Waals surface area (Å²) in [6, 6.07) is 8.31. The maximum absolute atomic E-state index is 13.4. The molecule has 1 aromatic carbocycles. The van der Waals surface area contributed by atoms with Crippen LogP contribution in [0.5, 0.6) is 0 Å². The minimum Gasteiger partial charge on any atom is -0.393 e. The van der Waals surface area contributed by atoms with Crippen molar-refractivity contribution in [3.63, 3.8) is 0 Å². The number of fused-ring (bicyclic) bond motifs is 1. The fraction of sp³-hybridized carbons (Fsp3) is 0.381. The molecule has 0 aliphatic heterocycles. The number of nitrogens with zero attached hydrogens (tertiary/aromatic N) is 4. The quantitative estimate of drug-likeness (QED) is 0.691. The van der Waals surface area contributed by atoms with Gasteiger partial charge in [0.2, 0.25) is 0 Å². The van der Waals surface area contributed by atoms with Crippen molar-refractivity contribution in [2.45, 2.75) is 44.4 Å². The molecule has 3 aromatic rings. The number of halogens is 1. The van der Waals surface area contributed by atoms with Crippen molar-refractivity contribution in [1.29, 1.82) is 0 Å². The summed E-state index contributed by atoms with van der Waals surface area (Å²) in [7, 11) is 1.87. The second-order valence-corrected chi connectivity index (χ2v) is 7.58. The first-order valence-corrected chi connectivity index (χ1v) is 9.78. The summed E-state index contributed by atoms with van der Waals surface area (Å²) in [6.07, 6.45) is 5.94. The van der Waals surface area contributed by atoms with Crippen molar-refractivity contribution in [2.24, 2.45) is 0 Å². The van der Waals surface area contributed by atoms with Crippen LogP contribution in [0.1, 0.15) is 41.6 Å². The van der Waals surface area contributed by atoms with Crippen LogP contribution in [0.4, 0.5) is 10.2 Å². The van der Waals surface area contributed by atoms with E-state index in [1.807, 2.05) is 24.1 Å². The predicted octanol–water partition coefficient (Wildman–Crippen LogP) is 2.54. The normalized spacial score (nSPS) is 19.3. The Balaban J connectivity index is 1.52. The van der Waals surface area contributed by atoms with Crippen LogP contribution in [0, 0.1) is 5.82 Å². The highest BCUT2D eigenvalue weighted by atomic mass is 19.1. The highest BCUT2D eigenvalue weighted by molar-refractivity contribution is 5.99. The van der Waals surface area contributed by atoms with Gasteiger partial charge in [0.1, 0.15) is 17.2 Å². The maximum atomic E-state index is 13.4. The second kappa shape index (κ2) is 8.16. The van der Waals surface area contributed by atoms with Gasteiger partial charge in [0.05, 0.1) is 12.3 Å². The molecule has 0 unspecified atom stereocenters. The van der Waals surface area contributed by atoms with Crippen molar-refractivity contribution in [3.05, 3.63) is 59.7 Å². The summed E-state index contributed by atoms with van der Waals surface area (Å²) < 4.78 is 15.0. The van der Waals surface area contributed by atoms with Crippen molar-refractivity contribution >= 4 is 17.4 Å². The van der Waals surface area contributed by atoms with E-state index in [4.69, 9.17) is 0 Å². The van der Waals surface area contributed by atoms with Crippen LogP contribution in [-0.4, -0.2) is 44.8 Å². The molecule has 29 heavy (non-hydrogen) atoms. The molecular weight excluding hydrogens is 373 g/mol. The van der Waals surface area contributed by atoms with E-state index < -0.39 is 0 Å². The Morgan fingerprint density at radius 1 is 1.31 bits per heavy atom. The lowest BCUT2D eigenvalue weighted by atomic mass is 9.93. The molecule has 152 valence electrons. The lowest BCUT2D eigenvalue weighted by Gasteiger charge is -2.26. The fourth-order valence-electron chi connectivity index (χ4n) is 3.71. The van der Waals surface area contributed by atoms with E-state index in [0.29, 0.717) is 36.4 Å². The van der Waals surface area contributed by atoms with Gasteiger partial charge in [0, 0.05) is 25.8 Å². The zero-order valence-electron chi connectivity index (χ0n) is 16.3. The van der Waals surface area contributed by atoms with Gasteiger partial charge in [0.25, 0.3) is 5.91 Å². The van der Waals surface area contributed by atoms with Crippen molar-refractivity contribution in [2.75, 3.05) is 11.9 Å². The summed E-state index contributed by atoms with van der Waals surface area (Å²) >= 11 is 0. The van der Waals surface area contributed by atoms with Crippen LogP contribution in [0.25, 0.3) is 5.65 Å². The molecule has 0 radical (unpaired) electrons. The maximum Gasteiger partial charge on any atom is 0.256 e. The van der Waals surface area contributed by atoms with Gasteiger partial charge in [0.15, 0.2) is 5.65 Å². The van der Waals surface area contributed by atoms with E-state index in [-0.39, 0.29) is 23.9 Å². The lowest BCUT2D eigenvalue weighted by molar-refractivity contribution is 0.0869. The third-order valence-corrected chi connectivity index (χ3v) is 5.33. The minimum atomic E-state index is -0.274. The Kier molecular flexibility index (Phi) is 5.44. The molecule has 0 bridgehead atoms. The number of aromatic nitrogens is 3. The van der Waals surface area contributed by atoms with Gasteiger partial charge < -0.3 is 15.3 Å². The highest BCUT2D eigenvalue weighted by Crippen LogP contribution is 2.20. The largest absolute Gasteiger partial charge is 0.393 e. The molecule has 1 amide bonds. The summed E-state index contributed by atoms with van der Waals surface area (Å²) in [5.41, 5.74) is 1.72. The third kappa shape index (κ3) is 4.37. The van der Waals surface area contributed by atoms with E-state index in [1.54, 1.807) is 16.8 Å². The van der Waals surface area contributed by atoms with Gasteiger partial charge in [-0.1, -0.05) is 12.1 Å². The van der Waals surface area contributed by atoms with E-state index in [2.05, 4.69) is 15.4 Å². The van der Waals surface area contributed by atoms with Gasteiger partial charge in [-0.15, -0.1) is 0 Å². The van der Waals surface area contributed by atoms with Crippen LogP contribution in [0.15, 0.2) is 42.7 Å². The number of carbonyl (C=O) groups excluding carboxylic acids is 1. The number of aliphatic hydroxyl groups excluding tert-OH is 1. The number of hydrogen-bond acceptors (Lipinski definition) is 5. The zero-order chi connectivity index (χ0) is 20.4. The van der Waals surface area contributed by atoms with Crippen LogP contribution in [0.2, 0.25) is 0 Å². The van der Waals surface area contributed by atoms with Gasteiger partial charge in [-0.3, -0.25) is 4.79 Å². The van der Waals surface area contributed by atoms with Crippen LogP contribution < -0.4 is 10.2 Å². The number of amides is 1. The van der Waals surface area contributed by atoms with Gasteiger partial charge in [-0.05, 0) is 49.4 Å². The van der Waals surface area contributed by atoms with E-state index in [0.717, 1.165) is 18.4 Å². The van der Waals surface area contributed by atoms with E-state index in [9.17, 15) is 14.3 Å². The molecule has 0 atom stereocenters. The van der Waals surface area contributed by atoms with E-state index >= 15 is 0 Å². The minimum absolute atomic E-state index is 0.0553. The van der Waals surface area contributed by atoms with Crippen LogP contribution in [0.3, 0.4) is 0 Å². The molecule has 1 aliphatic rings. The molecule has 2 N–H and O–H groups in total. The Bertz CT molecular complexity index is 1010. The zero-order valence-corrected chi connectivity index (χ0v) is 16.3. The van der Waals surface area contributed by atoms with Crippen molar-refractivity contribution < 1.29 is 14.3 Å². The SMILES string of the molecule is CN(Cc1cccc(F)c1)c1ccn2ncc(C(=O)NC3CCC(O)CC3)c2n1. The number of rotatable bonds is 5. The standard InChI is InChI=1S/C21H24FN5O2/c1-26(13-14-3-2-4-15(22)11-14)19-9-10-27-20(25-19)18(12-23-27)21(29)24-16-5-7-17(28)8-6-16/h2-4,9-12,16-17,28H,5-8,13H2,1H3,(H,24,29). The third-order valence-electron chi connectivity index (χ3n) is 5.33. The molecule has 0 spiro atoms. The first kappa shape index (κ1) is 19.3. The summed E-state index contributed by atoms with van der Waals surface area (Å²) in [6.45, 7) is 0.487.